The lowest BCUT2D eigenvalue weighted by molar-refractivity contribution is -0.115. The molecule has 0 atom stereocenters. The first-order valence-corrected chi connectivity index (χ1v) is 12.1. The second-order valence-electron chi connectivity index (χ2n) is 7.73. The fourth-order valence-corrected chi connectivity index (χ4v) is 4.36. The van der Waals surface area contributed by atoms with Crippen LogP contribution in [0, 0.1) is 17.7 Å². The van der Waals surface area contributed by atoms with Gasteiger partial charge in [-0.3, -0.25) is 19.7 Å². The first-order chi connectivity index (χ1) is 17.1. The lowest BCUT2D eigenvalue weighted by Gasteiger charge is -2.12. The highest BCUT2D eigenvalue weighted by Crippen LogP contribution is 2.35. The number of carbonyl (C=O) groups is 1. The summed E-state index contributed by atoms with van der Waals surface area (Å²) in [5, 5.41) is 2.70. The molecule has 3 aromatic heterocycles. The van der Waals surface area contributed by atoms with Gasteiger partial charge in [-0.25, -0.2) is 4.39 Å². The van der Waals surface area contributed by atoms with Gasteiger partial charge in [0.15, 0.2) is 11.6 Å². The Labute approximate surface area is 207 Å². The van der Waals surface area contributed by atoms with Crippen molar-refractivity contribution in [3.63, 3.8) is 0 Å². The molecule has 35 heavy (non-hydrogen) atoms. The van der Waals surface area contributed by atoms with Crippen molar-refractivity contribution in [1.29, 1.82) is 0 Å². The molecule has 0 spiro atoms. The highest BCUT2D eigenvalue weighted by atomic mass is 32.1. The normalized spacial score (nSPS) is 10.7. The van der Waals surface area contributed by atoms with E-state index in [0.29, 0.717) is 18.0 Å². The van der Waals surface area contributed by atoms with E-state index in [4.69, 9.17) is 4.74 Å². The Morgan fingerprint density at radius 3 is 2.74 bits per heavy atom. The molecular weight excluding hydrogens is 463 g/mol. The quantitative estimate of drug-likeness (QED) is 0.332. The van der Waals surface area contributed by atoms with Crippen LogP contribution in [0.25, 0.3) is 10.2 Å². The summed E-state index contributed by atoms with van der Waals surface area (Å²) >= 11 is 1.46. The molecule has 0 unspecified atom stereocenters. The first-order valence-electron chi connectivity index (χ1n) is 11.3. The number of nitrogens with zero attached hydrogens (tertiary/aromatic N) is 3. The van der Waals surface area contributed by atoms with Gasteiger partial charge in [-0.05, 0) is 42.9 Å². The van der Waals surface area contributed by atoms with Gasteiger partial charge in [-0.15, -0.1) is 11.3 Å². The lowest BCUT2D eigenvalue weighted by Crippen LogP contribution is -2.22. The minimum absolute atomic E-state index is 0.0605. The number of pyridine rings is 2. The Balaban J connectivity index is 1.46. The van der Waals surface area contributed by atoms with E-state index >= 15 is 0 Å². The summed E-state index contributed by atoms with van der Waals surface area (Å²) in [7, 11) is 0. The molecule has 0 aliphatic heterocycles. The maximum absolute atomic E-state index is 14.8. The van der Waals surface area contributed by atoms with Gasteiger partial charge in [0.2, 0.25) is 5.91 Å². The number of aromatic nitrogens is 2. The van der Waals surface area contributed by atoms with E-state index in [1.54, 1.807) is 36.8 Å². The average molecular weight is 489 g/mol. The summed E-state index contributed by atoms with van der Waals surface area (Å²) in [6.45, 7) is 6.83. The zero-order valence-corrected chi connectivity index (χ0v) is 20.4. The van der Waals surface area contributed by atoms with Gasteiger partial charge in [-0.2, -0.15) is 0 Å². The zero-order chi connectivity index (χ0) is 24.6. The van der Waals surface area contributed by atoms with Gasteiger partial charge in [-0.1, -0.05) is 31.8 Å². The molecule has 0 aliphatic rings. The summed E-state index contributed by atoms with van der Waals surface area (Å²) in [6.07, 6.45) is 5.05. The van der Waals surface area contributed by atoms with Crippen LogP contribution in [0.5, 0.6) is 11.5 Å². The third kappa shape index (κ3) is 6.41. The number of halogens is 1. The number of anilines is 1. The number of hydrogen-bond donors (Lipinski definition) is 1. The number of rotatable bonds is 8. The maximum atomic E-state index is 14.8. The molecule has 4 aromatic rings. The monoisotopic (exact) mass is 488 g/mol. The zero-order valence-electron chi connectivity index (χ0n) is 19.5. The topological polar surface area (TPSA) is 67.3 Å². The Hall–Kier alpha value is -3.80. The fraction of sp³-hybridized carbons (Fsp3) is 0.222. The molecule has 1 aromatic carbocycles. The van der Waals surface area contributed by atoms with E-state index in [2.05, 4.69) is 45.9 Å². The van der Waals surface area contributed by atoms with Crippen molar-refractivity contribution in [2.75, 3.05) is 25.0 Å². The number of ether oxygens (including phenoxy) is 1. The number of nitrogens with one attached hydrogen (secondary N) is 1. The summed E-state index contributed by atoms with van der Waals surface area (Å²) in [6, 6.07) is 11.5. The van der Waals surface area contributed by atoms with E-state index in [1.165, 1.54) is 23.5 Å². The maximum Gasteiger partial charge on any atom is 0.228 e. The van der Waals surface area contributed by atoms with Crippen molar-refractivity contribution < 1.29 is 13.9 Å². The average Bonchev–Trinajstić information content (AvgIpc) is 3.28. The first kappa shape index (κ1) is 24.3. The molecule has 0 aliphatic carbocycles. The number of carbonyl (C=O) groups excluding carboxylic acids is 1. The SMILES string of the molecule is CCN(CC)CC#Cc1cc2nccc(Oc3ccc(NC(=O)Cc4cccnc4)cc3F)c2s1. The molecule has 4 rings (SSSR count). The molecule has 178 valence electrons. The van der Waals surface area contributed by atoms with E-state index in [1.807, 2.05) is 12.1 Å². The highest BCUT2D eigenvalue weighted by molar-refractivity contribution is 7.19. The van der Waals surface area contributed by atoms with Crippen LogP contribution in [0.2, 0.25) is 0 Å². The van der Waals surface area contributed by atoms with Gasteiger partial charge in [0, 0.05) is 36.4 Å². The van der Waals surface area contributed by atoms with Gasteiger partial charge in [0.25, 0.3) is 0 Å². The van der Waals surface area contributed by atoms with Crippen LogP contribution in [0.15, 0.2) is 61.1 Å². The number of benzene rings is 1. The van der Waals surface area contributed by atoms with Crippen LogP contribution in [-0.4, -0.2) is 40.4 Å². The molecule has 0 saturated heterocycles. The van der Waals surface area contributed by atoms with E-state index in [-0.39, 0.29) is 18.1 Å². The third-order valence-corrected chi connectivity index (χ3v) is 6.36. The molecule has 1 amide bonds. The Bertz CT molecular complexity index is 1370. The van der Waals surface area contributed by atoms with E-state index < -0.39 is 5.82 Å². The van der Waals surface area contributed by atoms with Crippen LogP contribution in [0.4, 0.5) is 10.1 Å². The molecule has 8 heteroatoms. The predicted molar refractivity (Wildman–Crippen MR) is 137 cm³/mol. The number of hydrogen-bond acceptors (Lipinski definition) is 6. The Kier molecular flexibility index (Phi) is 8.03. The van der Waals surface area contributed by atoms with Crippen molar-refractivity contribution in [2.45, 2.75) is 20.3 Å². The van der Waals surface area contributed by atoms with Gasteiger partial charge in [0.05, 0.1) is 28.1 Å². The summed E-state index contributed by atoms with van der Waals surface area (Å²) < 4.78 is 21.5. The van der Waals surface area contributed by atoms with Gasteiger partial charge < -0.3 is 10.1 Å². The van der Waals surface area contributed by atoms with Crippen LogP contribution in [0.3, 0.4) is 0 Å². The minimum atomic E-state index is -0.579. The smallest absolute Gasteiger partial charge is 0.228 e. The molecule has 0 saturated carbocycles. The van der Waals surface area contributed by atoms with Crippen molar-refractivity contribution >= 4 is 33.1 Å². The summed E-state index contributed by atoms with van der Waals surface area (Å²) in [4.78, 5) is 23.7. The van der Waals surface area contributed by atoms with Crippen molar-refractivity contribution in [1.82, 2.24) is 14.9 Å². The molecule has 0 radical (unpaired) electrons. The van der Waals surface area contributed by atoms with Crippen molar-refractivity contribution in [3.8, 4) is 23.3 Å². The number of thiophene rings is 1. The Morgan fingerprint density at radius 2 is 2.00 bits per heavy atom. The lowest BCUT2D eigenvalue weighted by atomic mass is 10.2. The largest absolute Gasteiger partial charge is 0.453 e. The number of amides is 1. The van der Waals surface area contributed by atoms with Gasteiger partial charge in [0.1, 0.15) is 5.75 Å². The molecular formula is C27H25FN4O2S. The molecule has 3 heterocycles. The van der Waals surface area contributed by atoms with Gasteiger partial charge >= 0.3 is 0 Å². The molecule has 1 N–H and O–H groups in total. The number of fused-ring (bicyclic) bond motifs is 1. The Morgan fingerprint density at radius 1 is 1.14 bits per heavy atom. The molecule has 6 nitrogen and oxygen atoms in total. The van der Waals surface area contributed by atoms with Crippen LogP contribution >= 0.6 is 11.3 Å². The molecule has 0 fully saturated rings. The van der Waals surface area contributed by atoms with Crippen LogP contribution in [0.1, 0.15) is 24.3 Å². The third-order valence-electron chi connectivity index (χ3n) is 5.31. The van der Waals surface area contributed by atoms with Crippen molar-refractivity contribution in [2.24, 2.45) is 0 Å². The standard InChI is InChI=1S/C27H25FN4O2S/c1-3-32(4-2)14-6-8-21-17-23-27(35-21)25(11-13-30-23)34-24-10-9-20(16-22(24)28)31-26(33)15-19-7-5-12-29-18-19/h5,7,9-13,16-18H,3-4,14-15H2,1-2H3,(H,31,33). The second-order valence-corrected chi connectivity index (χ2v) is 8.78. The van der Waals surface area contributed by atoms with Crippen LogP contribution in [-0.2, 0) is 11.2 Å². The predicted octanol–water partition coefficient (Wildman–Crippen LogP) is 5.50. The summed E-state index contributed by atoms with van der Waals surface area (Å²) in [5.41, 5.74) is 1.88. The van der Waals surface area contributed by atoms with E-state index in [0.717, 1.165) is 33.7 Å². The minimum Gasteiger partial charge on any atom is -0.453 e. The van der Waals surface area contributed by atoms with E-state index in [9.17, 15) is 9.18 Å². The van der Waals surface area contributed by atoms with Crippen molar-refractivity contribution in [3.05, 3.63) is 77.3 Å². The summed E-state index contributed by atoms with van der Waals surface area (Å²) in [5.74, 6) is 6.12. The molecule has 0 bridgehead atoms. The highest BCUT2D eigenvalue weighted by Gasteiger charge is 2.13. The fourth-order valence-electron chi connectivity index (χ4n) is 3.42. The second kappa shape index (κ2) is 11.6. The van der Waals surface area contributed by atoms with Crippen LogP contribution < -0.4 is 10.1 Å².